The van der Waals surface area contributed by atoms with Gasteiger partial charge in [-0.05, 0) is 119 Å². The van der Waals surface area contributed by atoms with E-state index in [-0.39, 0.29) is 0 Å². The van der Waals surface area contributed by atoms with E-state index in [1.54, 1.807) is 0 Å². The van der Waals surface area contributed by atoms with Crippen molar-refractivity contribution in [1.82, 2.24) is 0 Å². The maximum atomic E-state index is 3.89. The molecule has 0 aromatic heterocycles. The first-order valence-electron chi connectivity index (χ1n) is 12.2. The topological polar surface area (TPSA) is 0 Å². The lowest BCUT2D eigenvalue weighted by atomic mass is 9.68. The summed E-state index contributed by atoms with van der Waals surface area (Å²) < 4.78 is 0. The van der Waals surface area contributed by atoms with Gasteiger partial charge >= 0.3 is 0 Å². The minimum Gasteiger partial charge on any atom is -0.103 e. The molecule has 0 unspecified atom stereocenters. The molecule has 0 bridgehead atoms. The third kappa shape index (κ3) is 6.65. The standard InChI is InChI=1S/C27H44/c1-3-5-7-23-14-18-26(19-15-23)27-20-16-25(17-21-27)13-12-24-10-8-22(6-4-2)9-11-24/h3-4,6,12-13,22-27H,1,5,7-11,14-21H2,2H3. The molecular formula is C27H44. The maximum absolute atomic E-state index is 3.89. The molecule has 0 saturated heterocycles. The Balaban J connectivity index is 1.33. The number of hydrogen-bond acceptors (Lipinski definition) is 0. The van der Waals surface area contributed by atoms with Crippen molar-refractivity contribution in [3.8, 4) is 0 Å². The molecule has 0 heterocycles. The summed E-state index contributed by atoms with van der Waals surface area (Å²) >= 11 is 0. The summed E-state index contributed by atoms with van der Waals surface area (Å²) in [5.74, 6) is 5.72. The first kappa shape index (κ1) is 20.9. The van der Waals surface area contributed by atoms with Crippen LogP contribution >= 0.6 is 0 Å². The molecule has 3 aliphatic carbocycles. The number of allylic oxidation sites excluding steroid dienone is 5. The molecule has 0 atom stereocenters. The summed E-state index contributed by atoms with van der Waals surface area (Å²) in [6.45, 7) is 6.05. The summed E-state index contributed by atoms with van der Waals surface area (Å²) in [5.41, 5.74) is 0. The Morgan fingerprint density at radius 2 is 1.07 bits per heavy atom. The average Bonchev–Trinajstić information content (AvgIpc) is 2.73. The van der Waals surface area contributed by atoms with E-state index < -0.39 is 0 Å². The minimum atomic E-state index is 0.863. The second kappa shape index (κ2) is 11.3. The van der Waals surface area contributed by atoms with Crippen molar-refractivity contribution in [2.24, 2.45) is 35.5 Å². The highest BCUT2D eigenvalue weighted by atomic mass is 14.4. The van der Waals surface area contributed by atoms with Crippen molar-refractivity contribution >= 4 is 0 Å². The predicted molar refractivity (Wildman–Crippen MR) is 120 cm³/mol. The summed E-state index contributed by atoms with van der Waals surface area (Å²) in [6.07, 6.45) is 32.2. The van der Waals surface area contributed by atoms with Crippen LogP contribution in [-0.2, 0) is 0 Å². The lowest BCUT2D eigenvalue weighted by molar-refractivity contribution is 0.153. The smallest absolute Gasteiger partial charge is 0.0233 e. The zero-order valence-electron chi connectivity index (χ0n) is 18.0. The molecule has 27 heavy (non-hydrogen) atoms. The van der Waals surface area contributed by atoms with Crippen LogP contribution < -0.4 is 0 Å². The van der Waals surface area contributed by atoms with Crippen LogP contribution in [0.1, 0.15) is 96.8 Å². The first-order valence-corrected chi connectivity index (χ1v) is 12.2. The van der Waals surface area contributed by atoms with Crippen molar-refractivity contribution in [3.63, 3.8) is 0 Å². The molecule has 0 N–H and O–H groups in total. The summed E-state index contributed by atoms with van der Waals surface area (Å²) in [4.78, 5) is 0. The van der Waals surface area contributed by atoms with E-state index in [1.807, 2.05) is 0 Å². The Bertz CT molecular complexity index is 460. The third-order valence-corrected chi connectivity index (χ3v) is 8.09. The molecule has 0 amide bonds. The lowest BCUT2D eigenvalue weighted by Gasteiger charge is -2.37. The molecule has 0 spiro atoms. The fourth-order valence-corrected chi connectivity index (χ4v) is 6.23. The Kier molecular flexibility index (Phi) is 8.75. The van der Waals surface area contributed by atoms with Gasteiger partial charge in [-0.2, -0.15) is 0 Å². The molecule has 0 aromatic rings. The van der Waals surface area contributed by atoms with Crippen LogP contribution in [0.4, 0.5) is 0 Å². The maximum Gasteiger partial charge on any atom is -0.0233 e. The van der Waals surface area contributed by atoms with Crippen molar-refractivity contribution in [3.05, 3.63) is 37.0 Å². The second-order valence-electron chi connectivity index (χ2n) is 9.91. The van der Waals surface area contributed by atoms with Gasteiger partial charge in [-0.15, -0.1) is 6.58 Å². The van der Waals surface area contributed by atoms with Crippen LogP contribution in [0.3, 0.4) is 0 Å². The van der Waals surface area contributed by atoms with Gasteiger partial charge in [0.25, 0.3) is 0 Å². The Morgan fingerprint density at radius 3 is 1.56 bits per heavy atom. The van der Waals surface area contributed by atoms with E-state index in [4.69, 9.17) is 0 Å². The van der Waals surface area contributed by atoms with Crippen molar-refractivity contribution in [2.45, 2.75) is 96.8 Å². The van der Waals surface area contributed by atoms with Crippen LogP contribution in [0.15, 0.2) is 37.0 Å². The minimum absolute atomic E-state index is 0.863. The molecular weight excluding hydrogens is 324 g/mol. The van der Waals surface area contributed by atoms with E-state index in [0.29, 0.717) is 0 Å². The molecule has 0 aromatic carbocycles. The van der Waals surface area contributed by atoms with Crippen molar-refractivity contribution in [1.29, 1.82) is 0 Å². The lowest BCUT2D eigenvalue weighted by Crippen LogP contribution is -2.25. The summed E-state index contributed by atoms with van der Waals surface area (Å²) in [7, 11) is 0. The first-order chi connectivity index (χ1) is 13.3. The predicted octanol–water partition coefficient (Wildman–Crippen LogP) is 8.50. The van der Waals surface area contributed by atoms with Gasteiger partial charge in [0.2, 0.25) is 0 Å². The van der Waals surface area contributed by atoms with Gasteiger partial charge in [-0.1, -0.05) is 43.2 Å². The van der Waals surface area contributed by atoms with Crippen molar-refractivity contribution < 1.29 is 0 Å². The number of hydrogen-bond donors (Lipinski definition) is 0. The fraction of sp³-hybridized carbons (Fsp3) is 0.778. The molecule has 3 aliphatic rings. The van der Waals surface area contributed by atoms with Crippen LogP contribution in [0, 0.1) is 35.5 Å². The van der Waals surface area contributed by atoms with Gasteiger partial charge in [-0.3, -0.25) is 0 Å². The third-order valence-electron chi connectivity index (χ3n) is 8.09. The van der Waals surface area contributed by atoms with Gasteiger partial charge in [0, 0.05) is 0 Å². The van der Waals surface area contributed by atoms with Crippen LogP contribution in [0.2, 0.25) is 0 Å². The second-order valence-corrected chi connectivity index (χ2v) is 9.91. The molecule has 0 radical (unpaired) electrons. The molecule has 3 saturated carbocycles. The van der Waals surface area contributed by atoms with E-state index in [1.165, 1.54) is 89.9 Å². The van der Waals surface area contributed by atoms with Gasteiger partial charge in [0.15, 0.2) is 0 Å². The van der Waals surface area contributed by atoms with Gasteiger partial charge in [-0.25, -0.2) is 0 Å². The van der Waals surface area contributed by atoms with Crippen LogP contribution in [0.5, 0.6) is 0 Å². The molecule has 3 fully saturated rings. The molecule has 152 valence electrons. The van der Waals surface area contributed by atoms with Crippen LogP contribution in [0.25, 0.3) is 0 Å². The van der Waals surface area contributed by atoms with E-state index in [9.17, 15) is 0 Å². The fourth-order valence-electron chi connectivity index (χ4n) is 6.23. The Hall–Kier alpha value is -0.780. The molecule has 0 aliphatic heterocycles. The van der Waals surface area contributed by atoms with Gasteiger partial charge < -0.3 is 0 Å². The van der Waals surface area contributed by atoms with E-state index >= 15 is 0 Å². The van der Waals surface area contributed by atoms with Gasteiger partial charge in [0.1, 0.15) is 0 Å². The summed E-state index contributed by atoms with van der Waals surface area (Å²) in [5, 5.41) is 0. The molecule has 0 nitrogen and oxygen atoms in total. The zero-order chi connectivity index (χ0) is 18.9. The normalized spacial score (nSPS) is 38.4. The Labute approximate surface area is 169 Å². The van der Waals surface area contributed by atoms with Crippen molar-refractivity contribution in [2.75, 3.05) is 0 Å². The monoisotopic (exact) mass is 368 g/mol. The molecule has 3 rings (SSSR count). The highest BCUT2D eigenvalue weighted by molar-refractivity contribution is 4.98. The zero-order valence-corrected chi connectivity index (χ0v) is 18.0. The summed E-state index contributed by atoms with van der Waals surface area (Å²) in [6, 6.07) is 0. The SMILES string of the molecule is C=CCCC1CCC(C2CCC(C=CC3CCC(C=CC)CC3)CC2)CC1. The highest BCUT2D eigenvalue weighted by Crippen LogP contribution is 2.42. The molecule has 0 heteroatoms. The average molecular weight is 369 g/mol. The Morgan fingerprint density at radius 1 is 0.630 bits per heavy atom. The van der Waals surface area contributed by atoms with Crippen LogP contribution in [-0.4, -0.2) is 0 Å². The largest absolute Gasteiger partial charge is 0.103 e. The van der Waals surface area contributed by atoms with E-state index in [2.05, 4.69) is 43.9 Å². The highest BCUT2D eigenvalue weighted by Gasteiger charge is 2.30. The number of rotatable bonds is 7. The van der Waals surface area contributed by atoms with Gasteiger partial charge in [0.05, 0.1) is 0 Å². The quantitative estimate of drug-likeness (QED) is 0.395. The van der Waals surface area contributed by atoms with E-state index in [0.717, 1.165) is 35.5 Å².